The van der Waals surface area contributed by atoms with Gasteiger partial charge in [-0.1, -0.05) is 28.8 Å². The number of amides is 1. The summed E-state index contributed by atoms with van der Waals surface area (Å²) in [6.07, 6.45) is 3.29. The number of rotatable bonds is 4. The number of carbonyl (C=O) groups excluding carboxylic acids is 1. The van der Waals surface area contributed by atoms with E-state index in [-0.39, 0.29) is 18.0 Å². The Balaban J connectivity index is 1.99. The lowest BCUT2D eigenvalue weighted by Crippen LogP contribution is -2.37. The molecule has 0 heterocycles. The van der Waals surface area contributed by atoms with Crippen molar-refractivity contribution in [2.45, 2.75) is 25.7 Å². The van der Waals surface area contributed by atoms with E-state index in [1.807, 2.05) is 0 Å². The van der Waals surface area contributed by atoms with Crippen molar-refractivity contribution in [1.29, 1.82) is 0 Å². The summed E-state index contributed by atoms with van der Waals surface area (Å²) >= 11 is 3.20. The third kappa shape index (κ3) is 4.03. The topological polar surface area (TPSA) is 66.4 Å². The van der Waals surface area contributed by atoms with Crippen LogP contribution in [0, 0.1) is 17.7 Å². The fourth-order valence-electron chi connectivity index (χ4n) is 2.77. The molecule has 2 N–H and O–H groups in total. The standard InChI is InChI=1S/C15H17BrFNO3/c16-10-5-6-13(17)12(7-10)14(19)18-8-9-3-1-2-4-11(9)15(20)21/h5-7,9,11H,1-4,8H2,(H,18,19)(H,20,21). The molecule has 0 spiro atoms. The maximum atomic E-state index is 13.6. The van der Waals surface area contributed by atoms with Crippen molar-refractivity contribution >= 4 is 27.8 Å². The van der Waals surface area contributed by atoms with Crippen molar-refractivity contribution in [3.63, 3.8) is 0 Å². The van der Waals surface area contributed by atoms with Gasteiger partial charge in [-0.3, -0.25) is 9.59 Å². The Bertz CT molecular complexity index is 550. The van der Waals surface area contributed by atoms with E-state index in [1.54, 1.807) is 0 Å². The third-order valence-corrected chi connectivity index (χ3v) is 4.42. The predicted molar refractivity (Wildman–Crippen MR) is 79.5 cm³/mol. The van der Waals surface area contributed by atoms with Crippen molar-refractivity contribution < 1.29 is 19.1 Å². The summed E-state index contributed by atoms with van der Waals surface area (Å²) in [5.41, 5.74) is -0.0351. The molecule has 2 rings (SSSR count). The Hall–Kier alpha value is -1.43. The van der Waals surface area contributed by atoms with Crippen LogP contribution in [0.2, 0.25) is 0 Å². The monoisotopic (exact) mass is 357 g/mol. The Morgan fingerprint density at radius 2 is 2.05 bits per heavy atom. The van der Waals surface area contributed by atoms with Gasteiger partial charge in [0.25, 0.3) is 5.91 Å². The molecule has 1 saturated carbocycles. The lowest BCUT2D eigenvalue weighted by molar-refractivity contribution is -0.144. The van der Waals surface area contributed by atoms with Gasteiger partial charge >= 0.3 is 5.97 Å². The molecule has 1 aliphatic rings. The highest BCUT2D eigenvalue weighted by atomic mass is 79.9. The SMILES string of the molecule is O=C(NCC1CCCCC1C(=O)O)c1cc(Br)ccc1F. The van der Waals surface area contributed by atoms with Crippen molar-refractivity contribution in [2.75, 3.05) is 6.54 Å². The minimum Gasteiger partial charge on any atom is -0.481 e. The molecule has 0 aromatic heterocycles. The van der Waals surface area contributed by atoms with Crippen LogP contribution in [0.25, 0.3) is 0 Å². The van der Waals surface area contributed by atoms with Gasteiger partial charge in [0.05, 0.1) is 11.5 Å². The van der Waals surface area contributed by atoms with E-state index in [2.05, 4.69) is 21.2 Å². The van der Waals surface area contributed by atoms with E-state index in [0.29, 0.717) is 10.9 Å². The molecule has 0 bridgehead atoms. The zero-order chi connectivity index (χ0) is 15.4. The van der Waals surface area contributed by atoms with Gasteiger partial charge in [-0.05, 0) is 37.0 Å². The van der Waals surface area contributed by atoms with Gasteiger partial charge in [0.1, 0.15) is 5.82 Å². The highest BCUT2D eigenvalue weighted by Crippen LogP contribution is 2.29. The van der Waals surface area contributed by atoms with Crippen LogP contribution < -0.4 is 5.32 Å². The number of hydrogen-bond donors (Lipinski definition) is 2. The molecule has 21 heavy (non-hydrogen) atoms. The molecule has 2 unspecified atom stereocenters. The van der Waals surface area contributed by atoms with Crippen LogP contribution in [-0.4, -0.2) is 23.5 Å². The first-order chi connectivity index (χ1) is 9.99. The molecule has 1 aromatic rings. The molecule has 1 fully saturated rings. The van der Waals surface area contributed by atoms with E-state index < -0.39 is 23.6 Å². The van der Waals surface area contributed by atoms with Crippen LogP contribution in [0.4, 0.5) is 4.39 Å². The Morgan fingerprint density at radius 1 is 1.33 bits per heavy atom. The van der Waals surface area contributed by atoms with Crippen molar-refractivity contribution in [3.8, 4) is 0 Å². The Morgan fingerprint density at radius 3 is 2.76 bits per heavy atom. The van der Waals surface area contributed by atoms with Gasteiger partial charge in [0.15, 0.2) is 0 Å². The normalized spacial score (nSPS) is 21.8. The summed E-state index contributed by atoms with van der Waals surface area (Å²) in [6, 6.07) is 4.16. The van der Waals surface area contributed by atoms with E-state index >= 15 is 0 Å². The average Bonchev–Trinajstić information content (AvgIpc) is 2.47. The minimum absolute atomic E-state index is 0.0351. The second-order valence-corrected chi connectivity index (χ2v) is 6.24. The van der Waals surface area contributed by atoms with Gasteiger partial charge in [0, 0.05) is 11.0 Å². The van der Waals surface area contributed by atoms with Gasteiger partial charge in [-0.15, -0.1) is 0 Å². The summed E-state index contributed by atoms with van der Waals surface area (Å²) in [5, 5.41) is 11.9. The molecule has 1 amide bonds. The van der Waals surface area contributed by atoms with Crippen LogP contribution in [-0.2, 0) is 4.79 Å². The number of benzene rings is 1. The molecule has 0 aliphatic heterocycles. The van der Waals surface area contributed by atoms with E-state index in [0.717, 1.165) is 19.3 Å². The highest BCUT2D eigenvalue weighted by molar-refractivity contribution is 9.10. The zero-order valence-electron chi connectivity index (χ0n) is 11.4. The van der Waals surface area contributed by atoms with Crippen LogP contribution in [0.5, 0.6) is 0 Å². The quantitative estimate of drug-likeness (QED) is 0.869. The lowest BCUT2D eigenvalue weighted by Gasteiger charge is -2.28. The largest absolute Gasteiger partial charge is 0.481 e. The number of carbonyl (C=O) groups is 2. The first-order valence-electron chi connectivity index (χ1n) is 6.95. The van der Waals surface area contributed by atoms with Crippen LogP contribution >= 0.6 is 15.9 Å². The first kappa shape index (κ1) is 15.9. The molecule has 6 heteroatoms. The van der Waals surface area contributed by atoms with Gasteiger partial charge < -0.3 is 10.4 Å². The number of carboxylic acids is 1. The summed E-state index contributed by atoms with van der Waals surface area (Å²) in [7, 11) is 0. The first-order valence-corrected chi connectivity index (χ1v) is 7.74. The number of aliphatic carboxylic acids is 1. The van der Waals surface area contributed by atoms with Crippen molar-refractivity contribution in [1.82, 2.24) is 5.32 Å². The average molecular weight is 358 g/mol. The van der Waals surface area contributed by atoms with E-state index in [4.69, 9.17) is 0 Å². The number of carboxylic acid groups (broad SMARTS) is 1. The lowest BCUT2D eigenvalue weighted by atomic mass is 9.79. The summed E-state index contributed by atoms with van der Waals surface area (Å²) in [4.78, 5) is 23.2. The third-order valence-electron chi connectivity index (χ3n) is 3.92. The molecule has 0 saturated heterocycles. The van der Waals surface area contributed by atoms with Crippen molar-refractivity contribution in [3.05, 3.63) is 34.1 Å². The maximum Gasteiger partial charge on any atom is 0.306 e. The predicted octanol–water partition coefficient (Wildman–Crippen LogP) is 3.21. The summed E-state index contributed by atoms with van der Waals surface area (Å²) in [5.74, 6) is -2.43. The van der Waals surface area contributed by atoms with Crippen LogP contribution in [0.15, 0.2) is 22.7 Å². The maximum absolute atomic E-state index is 13.6. The molecule has 1 aromatic carbocycles. The molecule has 0 radical (unpaired) electrons. The molecular weight excluding hydrogens is 341 g/mol. The minimum atomic E-state index is -0.817. The zero-order valence-corrected chi connectivity index (χ0v) is 13.0. The fourth-order valence-corrected chi connectivity index (χ4v) is 3.13. The number of halogens is 2. The van der Waals surface area contributed by atoms with E-state index in [9.17, 15) is 19.1 Å². The van der Waals surface area contributed by atoms with Gasteiger partial charge in [-0.2, -0.15) is 0 Å². The smallest absolute Gasteiger partial charge is 0.306 e. The number of nitrogens with one attached hydrogen (secondary N) is 1. The van der Waals surface area contributed by atoms with Gasteiger partial charge in [-0.25, -0.2) is 4.39 Å². The second-order valence-electron chi connectivity index (χ2n) is 5.32. The Kier molecular flexibility index (Phi) is 5.33. The fraction of sp³-hybridized carbons (Fsp3) is 0.467. The molecular formula is C15H17BrFNO3. The van der Waals surface area contributed by atoms with Gasteiger partial charge in [0.2, 0.25) is 0 Å². The summed E-state index contributed by atoms with van der Waals surface area (Å²) in [6.45, 7) is 0.266. The van der Waals surface area contributed by atoms with Crippen molar-refractivity contribution in [2.24, 2.45) is 11.8 Å². The second kappa shape index (κ2) is 7.02. The summed E-state index contributed by atoms with van der Waals surface area (Å²) < 4.78 is 14.2. The number of hydrogen-bond acceptors (Lipinski definition) is 2. The molecule has 114 valence electrons. The van der Waals surface area contributed by atoms with Crippen LogP contribution in [0.3, 0.4) is 0 Å². The molecule has 2 atom stereocenters. The molecule has 1 aliphatic carbocycles. The van der Waals surface area contributed by atoms with E-state index in [1.165, 1.54) is 18.2 Å². The Labute approximate surface area is 130 Å². The van der Waals surface area contributed by atoms with Crippen LogP contribution in [0.1, 0.15) is 36.0 Å². The molecule has 4 nitrogen and oxygen atoms in total. The highest BCUT2D eigenvalue weighted by Gasteiger charge is 2.31.